The number of nitrogens with two attached hydrogens (primary N) is 1. The molecule has 0 bridgehead atoms. The monoisotopic (exact) mass is 224 g/mol. The highest BCUT2D eigenvalue weighted by atomic mass is 16.5. The van der Waals surface area contributed by atoms with Gasteiger partial charge in [-0.25, -0.2) is 0 Å². The van der Waals surface area contributed by atoms with Gasteiger partial charge in [0.15, 0.2) is 0 Å². The standard InChI is InChI=1S/C12H20N2O2/c1-4-12(2,8-15)14-11-6-5-9(16-3)7-10(11)13/h5-7,14-15H,4,8,13H2,1-3H3. The number of rotatable bonds is 5. The summed E-state index contributed by atoms with van der Waals surface area (Å²) in [6.07, 6.45) is 0.814. The molecule has 0 fully saturated rings. The molecular weight excluding hydrogens is 204 g/mol. The fourth-order valence-electron chi connectivity index (χ4n) is 1.35. The van der Waals surface area contributed by atoms with Crippen LogP contribution in [0.25, 0.3) is 0 Å². The van der Waals surface area contributed by atoms with Gasteiger partial charge >= 0.3 is 0 Å². The minimum Gasteiger partial charge on any atom is -0.497 e. The van der Waals surface area contributed by atoms with E-state index in [-0.39, 0.29) is 12.1 Å². The van der Waals surface area contributed by atoms with Gasteiger partial charge in [0.25, 0.3) is 0 Å². The Kier molecular flexibility index (Phi) is 4.01. The molecule has 0 aliphatic rings. The van der Waals surface area contributed by atoms with Crippen LogP contribution in [-0.4, -0.2) is 24.4 Å². The maximum atomic E-state index is 9.31. The van der Waals surface area contributed by atoms with Crippen LogP contribution in [0.1, 0.15) is 20.3 Å². The summed E-state index contributed by atoms with van der Waals surface area (Å²) in [6, 6.07) is 5.46. The van der Waals surface area contributed by atoms with Crippen LogP contribution >= 0.6 is 0 Å². The fraction of sp³-hybridized carbons (Fsp3) is 0.500. The van der Waals surface area contributed by atoms with Gasteiger partial charge in [0.2, 0.25) is 0 Å². The minimum atomic E-state index is -0.345. The van der Waals surface area contributed by atoms with E-state index in [1.807, 2.05) is 26.0 Å². The molecule has 0 aliphatic carbocycles. The maximum Gasteiger partial charge on any atom is 0.121 e. The lowest BCUT2D eigenvalue weighted by atomic mass is 9.99. The molecule has 16 heavy (non-hydrogen) atoms. The first-order valence-corrected chi connectivity index (χ1v) is 5.37. The van der Waals surface area contributed by atoms with Crippen molar-refractivity contribution < 1.29 is 9.84 Å². The third-order valence-corrected chi connectivity index (χ3v) is 2.82. The van der Waals surface area contributed by atoms with E-state index in [2.05, 4.69) is 5.32 Å². The number of hydrogen-bond acceptors (Lipinski definition) is 4. The molecule has 4 nitrogen and oxygen atoms in total. The van der Waals surface area contributed by atoms with Crippen molar-refractivity contribution in [1.82, 2.24) is 0 Å². The Labute approximate surface area is 96.4 Å². The smallest absolute Gasteiger partial charge is 0.121 e. The van der Waals surface area contributed by atoms with Crippen LogP contribution in [0.2, 0.25) is 0 Å². The second-order valence-corrected chi connectivity index (χ2v) is 4.15. The number of nitrogens with one attached hydrogen (secondary N) is 1. The highest BCUT2D eigenvalue weighted by Crippen LogP contribution is 2.27. The van der Waals surface area contributed by atoms with E-state index in [4.69, 9.17) is 10.5 Å². The molecule has 1 unspecified atom stereocenters. The first-order chi connectivity index (χ1) is 7.54. The van der Waals surface area contributed by atoms with Crippen molar-refractivity contribution in [3.63, 3.8) is 0 Å². The van der Waals surface area contributed by atoms with E-state index >= 15 is 0 Å². The van der Waals surface area contributed by atoms with Crippen molar-refractivity contribution in [2.75, 3.05) is 24.8 Å². The normalized spacial score (nSPS) is 14.2. The second-order valence-electron chi connectivity index (χ2n) is 4.15. The third-order valence-electron chi connectivity index (χ3n) is 2.82. The number of nitrogen functional groups attached to an aromatic ring is 1. The molecule has 0 heterocycles. The number of ether oxygens (including phenoxy) is 1. The lowest BCUT2D eigenvalue weighted by Gasteiger charge is -2.29. The van der Waals surface area contributed by atoms with Crippen molar-refractivity contribution in [3.8, 4) is 5.75 Å². The molecule has 0 spiro atoms. The summed E-state index contributed by atoms with van der Waals surface area (Å²) in [6.45, 7) is 4.04. The molecule has 1 rings (SSSR count). The molecule has 90 valence electrons. The van der Waals surface area contributed by atoms with Crippen LogP contribution in [0.3, 0.4) is 0 Å². The molecule has 1 aromatic carbocycles. The number of hydrogen-bond donors (Lipinski definition) is 3. The van der Waals surface area contributed by atoms with Gasteiger partial charge in [0.05, 0.1) is 30.6 Å². The molecule has 0 amide bonds. The molecule has 0 radical (unpaired) electrons. The Morgan fingerprint density at radius 3 is 2.62 bits per heavy atom. The van der Waals surface area contributed by atoms with Crippen molar-refractivity contribution in [2.24, 2.45) is 0 Å². The number of anilines is 2. The summed E-state index contributed by atoms with van der Waals surface area (Å²) in [4.78, 5) is 0. The van der Waals surface area contributed by atoms with Crippen molar-refractivity contribution in [3.05, 3.63) is 18.2 Å². The Morgan fingerprint density at radius 1 is 1.50 bits per heavy atom. The number of aliphatic hydroxyl groups is 1. The Hall–Kier alpha value is -1.42. The Balaban J connectivity index is 2.89. The highest BCUT2D eigenvalue weighted by molar-refractivity contribution is 5.69. The molecule has 0 saturated carbocycles. The molecule has 0 aliphatic heterocycles. The third kappa shape index (κ3) is 2.79. The highest BCUT2D eigenvalue weighted by Gasteiger charge is 2.21. The summed E-state index contributed by atoms with van der Waals surface area (Å²) >= 11 is 0. The average molecular weight is 224 g/mol. The van der Waals surface area contributed by atoms with Gasteiger partial charge in [-0.3, -0.25) is 0 Å². The van der Waals surface area contributed by atoms with Crippen molar-refractivity contribution in [1.29, 1.82) is 0 Å². The van der Waals surface area contributed by atoms with E-state index < -0.39 is 0 Å². The predicted molar refractivity (Wildman–Crippen MR) is 66.8 cm³/mol. The van der Waals surface area contributed by atoms with Gasteiger partial charge in [0, 0.05) is 6.07 Å². The average Bonchev–Trinajstić information content (AvgIpc) is 2.31. The predicted octanol–water partition coefficient (Wildman–Crippen LogP) is 1.85. The lowest BCUT2D eigenvalue weighted by molar-refractivity contribution is 0.219. The van der Waals surface area contributed by atoms with E-state index in [0.29, 0.717) is 5.69 Å². The first-order valence-electron chi connectivity index (χ1n) is 5.37. The van der Waals surface area contributed by atoms with Crippen LogP contribution in [0.15, 0.2) is 18.2 Å². The zero-order chi connectivity index (χ0) is 12.2. The molecule has 0 saturated heterocycles. The molecular formula is C12H20N2O2. The molecule has 4 heteroatoms. The van der Waals surface area contributed by atoms with Gasteiger partial charge in [-0.1, -0.05) is 6.92 Å². The van der Waals surface area contributed by atoms with Crippen LogP contribution in [0.4, 0.5) is 11.4 Å². The number of benzene rings is 1. The van der Waals surface area contributed by atoms with Gasteiger partial charge < -0.3 is 20.9 Å². The summed E-state index contributed by atoms with van der Waals surface area (Å²) in [7, 11) is 1.60. The lowest BCUT2D eigenvalue weighted by Crippen LogP contribution is -2.38. The fourth-order valence-corrected chi connectivity index (χ4v) is 1.35. The quantitative estimate of drug-likeness (QED) is 0.668. The van der Waals surface area contributed by atoms with Gasteiger partial charge in [-0.2, -0.15) is 0 Å². The second kappa shape index (κ2) is 5.07. The van der Waals surface area contributed by atoms with Gasteiger partial charge in [0.1, 0.15) is 5.75 Å². The molecule has 4 N–H and O–H groups in total. The van der Waals surface area contributed by atoms with Crippen LogP contribution in [-0.2, 0) is 0 Å². The molecule has 0 aromatic heterocycles. The van der Waals surface area contributed by atoms with Crippen molar-refractivity contribution in [2.45, 2.75) is 25.8 Å². The van der Waals surface area contributed by atoms with E-state index in [1.165, 1.54) is 0 Å². The Bertz CT molecular complexity index is 349. The Morgan fingerprint density at radius 2 is 2.19 bits per heavy atom. The summed E-state index contributed by atoms with van der Waals surface area (Å²) < 4.78 is 5.08. The van der Waals surface area contributed by atoms with E-state index in [9.17, 15) is 5.11 Å². The largest absolute Gasteiger partial charge is 0.497 e. The topological polar surface area (TPSA) is 67.5 Å². The summed E-state index contributed by atoms with van der Waals surface area (Å²) in [5.74, 6) is 0.727. The zero-order valence-corrected chi connectivity index (χ0v) is 10.1. The van der Waals surface area contributed by atoms with E-state index in [0.717, 1.165) is 17.9 Å². The van der Waals surface area contributed by atoms with Gasteiger partial charge in [-0.05, 0) is 25.5 Å². The van der Waals surface area contributed by atoms with Crippen LogP contribution in [0, 0.1) is 0 Å². The maximum absolute atomic E-state index is 9.31. The molecule has 1 atom stereocenters. The van der Waals surface area contributed by atoms with Crippen LogP contribution < -0.4 is 15.8 Å². The SMILES string of the molecule is CCC(C)(CO)Nc1ccc(OC)cc1N. The van der Waals surface area contributed by atoms with Crippen molar-refractivity contribution >= 4 is 11.4 Å². The summed E-state index contributed by atoms with van der Waals surface area (Å²) in [5.41, 5.74) is 6.98. The van der Waals surface area contributed by atoms with Crippen LogP contribution in [0.5, 0.6) is 5.75 Å². The van der Waals surface area contributed by atoms with Gasteiger partial charge in [-0.15, -0.1) is 0 Å². The van der Waals surface area contributed by atoms with E-state index in [1.54, 1.807) is 13.2 Å². The first kappa shape index (κ1) is 12.6. The summed E-state index contributed by atoms with van der Waals surface area (Å²) in [5, 5.41) is 12.6. The zero-order valence-electron chi connectivity index (χ0n) is 10.1. The number of methoxy groups -OCH3 is 1. The molecule has 1 aromatic rings. The minimum absolute atomic E-state index is 0.0645. The number of aliphatic hydroxyl groups excluding tert-OH is 1.